The van der Waals surface area contributed by atoms with E-state index in [0.717, 1.165) is 37.7 Å². The fourth-order valence-electron chi connectivity index (χ4n) is 3.33. The van der Waals surface area contributed by atoms with E-state index in [4.69, 9.17) is 0 Å². The van der Waals surface area contributed by atoms with Gasteiger partial charge in [0.2, 0.25) is 5.91 Å². The molecular formula is C20H29IN6O. The summed E-state index contributed by atoms with van der Waals surface area (Å²) in [6.07, 6.45) is 3.28. The summed E-state index contributed by atoms with van der Waals surface area (Å²) in [6.45, 7) is 2.98. The number of carbonyl (C=O) groups is 1. The van der Waals surface area contributed by atoms with E-state index in [1.165, 1.54) is 5.56 Å². The summed E-state index contributed by atoms with van der Waals surface area (Å²) >= 11 is 0. The van der Waals surface area contributed by atoms with Gasteiger partial charge in [-0.1, -0.05) is 30.3 Å². The first-order chi connectivity index (χ1) is 13.2. The molecule has 2 N–H and O–H groups in total. The third-order valence-corrected chi connectivity index (χ3v) is 4.95. The first-order valence-electron chi connectivity index (χ1n) is 9.39. The summed E-state index contributed by atoms with van der Waals surface area (Å²) in [7, 11) is 3.67. The first-order valence-corrected chi connectivity index (χ1v) is 9.39. The van der Waals surface area contributed by atoms with Crippen LogP contribution in [0.2, 0.25) is 0 Å². The smallest absolute Gasteiger partial charge is 0.223 e. The third kappa shape index (κ3) is 6.22. The van der Waals surface area contributed by atoms with Crippen LogP contribution in [0.4, 0.5) is 0 Å². The van der Waals surface area contributed by atoms with Crippen LogP contribution in [0, 0.1) is 5.92 Å². The topological polar surface area (TPSA) is 74.5 Å². The zero-order valence-electron chi connectivity index (χ0n) is 16.5. The van der Waals surface area contributed by atoms with Crippen molar-refractivity contribution in [1.82, 2.24) is 25.3 Å². The molecule has 3 rings (SSSR count). The van der Waals surface area contributed by atoms with Crippen molar-refractivity contribution in [2.75, 3.05) is 26.7 Å². The predicted molar refractivity (Wildman–Crippen MR) is 122 cm³/mol. The zero-order valence-corrected chi connectivity index (χ0v) is 18.8. The molecule has 1 amide bonds. The summed E-state index contributed by atoms with van der Waals surface area (Å²) in [5.74, 6) is 1.30. The maximum Gasteiger partial charge on any atom is 0.223 e. The Morgan fingerprint density at radius 1 is 1.25 bits per heavy atom. The third-order valence-electron chi connectivity index (χ3n) is 4.95. The Labute approximate surface area is 183 Å². The molecule has 8 heteroatoms. The minimum Gasteiger partial charge on any atom is -0.356 e. The van der Waals surface area contributed by atoms with Gasteiger partial charge in [-0.3, -0.25) is 14.5 Å². The monoisotopic (exact) mass is 496 g/mol. The van der Waals surface area contributed by atoms with Crippen LogP contribution in [0.5, 0.6) is 0 Å². The van der Waals surface area contributed by atoms with E-state index in [9.17, 15) is 4.79 Å². The van der Waals surface area contributed by atoms with Crippen LogP contribution in [0.3, 0.4) is 0 Å². The van der Waals surface area contributed by atoms with E-state index in [-0.39, 0.29) is 29.9 Å². The van der Waals surface area contributed by atoms with Crippen molar-refractivity contribution in [3.8, 4) is 0 Å². The maximum atomic E-state index is 12.3. The van der Waals surface area contributed by atoms with Crippen molar-refractivity contribution < 1.29 is 4.79 Å². The molecule has 1 atom stereocenters. The number of benzene rings is 1. The predicted octanol–water partition coefficient (Wildman–Crippen LogP) is 1.79. The van der Waals surface area contributed by atoms with Gasteiger partial charge in [-0.05, 0) is 18.1 Å². The van der Waals surface area contributed by atoms with Gasteiger partial charge >= 0.3 is 0 Å². The molecule has 7 nitrogen and oxygen atoms in total. The number of aliphatic imine (C=N–C) groups is 1. The number of aromatic nitrogens is 2. The molecule has 28 heavy (non-hydrogen) atoms. The fourth-order valence-corrected chi connectivity index (χ4v) is 3.33. The molecule has 0 bridgehead atoms. The fraction of sp³-hybridized carbons (Fsp3) is 0.450. The van der Waals surface area contributed by atoms with Crippen molar-refractivity contribution in [2.45, 2.75) is 19.4 Å². The number of hydrogen-bond acceptors (Lipinski definition) is 3. The van der Waals surface area contributed by atoms with E-state index in [1.54, 1.807) is 13.2 Å². The number of carbonyl (C=O) groups excluding carboxylic acids is 1. The zero-order chi connectivity index (χ0) is 19.1. The van der Waals surface area contributed by atoms with Gasteiger partial charge in [0.25, 0.3) is 0 Å². The van der Waals surface area contributed by atoms with Crippen molar-refractivity contribution >= 4 is 35.8 Å². The number of hydrogen-bond donors (Lipinski definition) is 2. The molecule has 1 aromatic heterocycles. The summed E-state index contributed by atoms with van der Waals surface area (Å²) in [5, 5.41) is 10.8. The molecule has 0 aliphatic carbocycles. The van der Waals surface area contributed by atoms with E-state index in [2.05, 4.69) is 32.9 Å². The second-order valence-electron chi connectivity index (χ2n) is 6.90. The number of halogens is 1. The van der Waals surface area contributed by atoms with Crippen molar-refractivity contribution in [1.29, 1.82) is 0 Å². The van der Waals surface area contributed by atoms with Crippen LogP contribution in [-0.2, 0) is 24.8 Å². The van der Waals surface area contributed by atoms with Crippen molar-refractivity contribution in [3.05, 3.63) is 53.9 Å². The van der Waals surface area contributed by atoms with Gasteiger partial charge in [-0.2, -0.15) is 5.10 Å². The van der Waals surface area contributed by atoms with E-state index in [1.807, 2.05) is 40.9 Å². The van der Waals surface area contributed by atoms with E-state index in [0.29, 0.717) is 18.9 Å². The van der Waals surface area contributed by atoms with Crippen LogP contribution < -0.4 is 10.6 Å². The van der Waals surface area contributed by atoms with Gasteiger partial charge in [0.15, 0.2) is 5.96 Å². The Balaban J connectivity index is 0.00000280. The highest BCUT2D eigenvalue weighted by Crippen LogP contribution is 2.17. The second-order valence-corrected chi connectivity index (χ2v) is 6.90. The van der Waals surface area contributed by atoms with Crippen molar-refractivity contribution in [3.63, 3.8) is 0 Å². The van der Waals surface area contributed by atoms with Crippen LogP contribution in [-0.4, -0.2) is 53.2 Å². The summed E-state index contributed by atoms with van der Waals surface area (Å²) < 4.78 is 1.83. The number of amides is 1. The largest absolute Gasteiger partial charge is 0.356 e. The average molecular weight is 496 g/mol. The Bertz CT molecular complexity index is 776. The summed E-state index contributed by atoms with van der Waals surface area (Å²) in [4.78, 5) is 18.5. The molecule has 1 aliphatic heterocycles. The number of aryl methyl sites for hydroxylation is 1. The van der Waals surface area contributed by atoms with Crippen LogP contribution in [0.25, 0.3) is 0 Å². The second kappa shape index (κ2) is 11.0. The van der Waals surface area contributed by atoms with Crippen molar-refractivity contribution in [2.24, 2.45) is 18.0 Å². The molecule has 1 unspecified atom stereocenters. The molecule has 1 aliphatic rings. The normalized spacial score (nSPS) is 16.8. The highest BCUT2D eigenvalue weighted by molar-refractivity contribution is 14.0. The maximum absolute atomic E-state index is 12.3. The van der Waals surface area contributed by atoms with E-state index >= 15 is 0 Å². The van der Waals surface area contributed by atoms with Crippen LogP contribution >= 0.6 is 24.0 Å². The standard InChI is InChI=1S/C20H28N6O.HI/c1-21-20(23-14-18-8-10-24-25(18)2)22-13-17-12-19(27)26(15-17)11-9-16-6-4-3-5-7-16;/h3-8,10,17H,9,11-15H2,1-2H3,(H2,21,22,23);1H. The quantitative estimate of drug-likeness (QED) is 0.349. The molecule has 1 aromatic carbocycles. The van der Waals surface area contributed by atoms with Gasteiger partial charge < -0.3 is 15.5 Å². The highest BCUT2D eigenvalue weighted by atomic mass is 127. The Hall–Kier alpha value is -2.10. The lowest BCUT2D eigenvalue weighted by molar-refractivity contribution is -0.127. The molecule has 1 saturated heterocycles. The van der Waals surface area contributed by atoms with Gasteiger partial charge in [0.1, 0.15) is 0 Å². The molecule has 0 spiro atoms. The molecule has 2 aromatic rings. The number of nitrogens with zero attached hydrogens (tertiary/aromatic N) is 4. The van der Waals surface area contributed by atoms with Gasteiger partial charge in [0, 0.05) is 52.3 Å². The lowest BCUT2D eigenvalue weighted by Gasteiger charge is -2.18. The average Bonchev–Trinajstić information content (AvgIpc) is 3.26. The Kier molecular flexibility index (Phi) is 8.75. The van der Waals surface area contributed by atoms with Gasteiger partial charge in [0.05, 0.1) is 12.2 Å². The first kappa shape index (κ1) is 22.2. The number of rotatable bonds is 7. The summed E-state index contributed by atoms with van der Waals surface area (Å²) in [5.41, 5.74) is 2.35. The van der Waals surface area contributed by atoms with Crippen LogP contribution in [0.15, 0.2) is 47.6 Å². The lowest BCUT2D eigenvalue weighted by Crippen LogP contribution is -2.40. The summed E-state index contributed by atoms with van der Waals surface area (Å²) in [6, 6.07) is 12.3. The molecule has 0 saturated carbocycles. The SMILES string of the molecule is CN=C(NCc1ccnn1C)NCC1CC(=O)N(CCc2ccccc2)C1.I. The molecular weight excluding hydrogens is 467 g/mol. The molecule has 1 fully saturated rings. The van der Waals surface area contributed by atoms with Gasteiger partial charge in [-0.25, -0.2) is 0 Å². The lowest BCUT2D eigenvalue weighted by atomic mass is 10.1. The van der Waals surface area contributed by atoms with Crippen LogP contribution in [0.1, 0.15) is 17.7 Å². The molecule has 0 radical (unpaired) electrons. The minimum atomic E-state index is 0. The Morgan fingerprint density at radius 3 is 2.71 bits per heavy atom. The Morgan fingerprint density at radius 2 is 2.04 bits per heavy atom. The highest BCUT2D eigenvalue weighted by Gasteiger charge is 2.29. The number of nitrogens with one attached hydrogen (secondary N) is 2. The number of likely N-dealkylation sites (tertiary alicyclic amines) is 1. The van der Waals surface area contributed by atoms with Gasteiger partial charge in [-0.15, -0.1) is 24.0 Å². The van der Waals surface area contributed by atoms with E-state index < -0.39 is 0 Å². The molecule has 2 heterocycles. The minimum absolute atomic E-state index is 0. The molecule has 152 valence electrons. The number of guanidine groups is 1.